The average Bonchev–Trinajstić information content (AvgIpc) is 1.57. The van der Waals surface area contributed by atoms with Crippen LogP contribution in [0.15, 0.2) is 11.1 Å². The Morgan fingerprint density at radius 3 is 2.12 bits per heavy atom. The first-order valence-corrected chi connectivity index (χ1v) is 3.36. The van der Waals surface area contributed by atoms with Gasteiger partial charge in [-0.05, 0) is 19.4 Å². The summed E-state index contributed by atoms with van der Waals surface area (Å²) in [5.41, 5.74) is 3.09. The summed E-state index contributed by atoms with van der Waals surface area (Å²) in [5.74, 6) is 0. The van der Waals surface area contributed by atoms with Crippen molar-refractivity contribution in [2.45, 2.75) is 13.8 Å². The van der Waals surface area contributed by atoms with E-state index in [1.807, 2.05) is 0 Å². The van der Waals surface area contributed by atoms with Gasteiger partial charge >= 0.3 is 0 Å². The lowest BCUT2D eigenvalue weighted by molar-refractivity contribution is 0.441. The van der Waals surface area contributed by atoms with Crippen LogP contribution in [0.5, 0.6) is 0 Å². The van der Waals surface area contributed by atoms with Crippen LogP contribution < -0.4 is 0 Å². The van der Waals surface area contributed by atoms with Crippen molar-refractivity contribution < 1.29 is 0 Å². The summed E-state index contributed by atoms with van der Waals surface area (Å²) in [4.78, 5) is 0. The fraction of sp³-hybridized carbons (Fsp3) is 0.667. The lowest BCUT2D eigenvalue weighted by Gasteiger charge is -2.30. The molecule has 1 saturated heterocycles. The summed E-state index contributed by atoms with van der Waals surface area (Å²) in [7, 11) is 2.69. The molecule has 46 valence electrons. The van der Waals surface area contributed by atoms with E-state index < -0.39 is 0 Å². The van der Waals surface area contributed by atoms with E-state index in [4.69, 9.17) is 0 Å². The Bertz CT molecular complexity index is 116. The van der Waals surface area contributed by atoms with E-state index in [-0.39, 0.29) is 0 Å². The minimum Gasteiger partial charge on any atom is -0.279 e. The van der Waals surface area contributed by atoms with Gasteiger partial charge in [0.15, 0.2) is 0 Å². The monoisotopic (exact) mass is 129 g/mol. The van der Waals surface area contributed by atoms with Gasteiger partial charge in [-0.2, -0.15) is 0 Å². The maximum Gasteiger partial charge on any atom is 0.0245 e. The smallest absolute Gasteiger partial charge is 0.0245 e. The molecule has 0 N–H and O–H groups in total. The van der Waals surface area contributed by atoms with E-state index in [0.717, 1.165) is 13.1 Å². The average molecular weight is 129 g/mol. The molecule has 8 heavy (non-hydrogen) atoms. The molecule has 1 fully saturated rings. The Balaban J connectivity index is 2.45. The molecular formula is C6H12NP. The zero-order valence-corrected chi connectivity index (χ0v) is 6.59. The fourth-order valence-corrected chi connectivity index (χ4v) is 1.20. The van der Waals surface area contributed by atoms with Crippen LogP contribution in [0.3, 0.4) is 0 Å². The van der Waals surface area contributed by atoms with Gasteiger partial charge in [0.1, 0.15) is 0 Å². The maximum atomic E-state index is 2.69. The second-order valence-corrected chi connectivity index (χ2v) is 3.24. The van der Waals surface area contributed by atoms with Crippen LogP contribution in [0, 0.1) is 0 Å². The Kier molecular flexibility index (Phi) is 1.69. The molecule has 1 nitrogen and oxygen atoms in total. The summed E-state index contributed by atoms with van der Waals surface area (Å²) in [5, 5.41) is 0. The standard InChI is InChI=1S/C6H12NP/c1-5(2)6-3-7(8)4-6/h3-4,8H2,1-2H3. The third-order valence-corrected chi connectivity index (χ3v) is 1.86. The molecular weight excluding hydrogens is 117 g/mol. The van der Waals surface area contributed by atoms with Crippen molar-refractivity contribution in [2.75, 3.05) is 13.1 Å². The molecule has 1 unspecified atom stereocenters. The number of hydrogen-bond acceptors (Lipinski definition) is 1. The Labute approximate surface area is 53.0 Å². The van der Waals surface area contributed by atoms with Crippen molar-refractivity contribution in [2.24, 2.45) is 0 Å². The third-order valence-electron chi connectivity index (χ3n) is 1.50. The Morgan fingerprint density at radius 1 is 1.50 bits per heavy atom. The SMILES string of the molecule is CC(C)=C1CN(P)C1. The van der Waals surface area contributed by atoms with Crippen molar-refractivity contribution in [1.29, 1.82) is 0 Å². The fourth-order valence-electron chi connectivity index (χ4n) is 0.760. The predicted molar refractivity (Wildman–Crippen MR) is 39.7 cm³/mol. The van der Waals surface area contributed by atoms with Gasteiger partial charge in [0.2, 0.25) is 0 Å². The van der Waals surface area contributed by atoms with Gasteiger partial charge in [0, 0.05) is 13.1 Å². The van der Waals surface area contributed by atoms with E-state index in [1.165, 1.54) is 5.57 Å². The van der Waals surface area contributed by atoms with Gasteiger partial charge in [-0.3, -0.25) is 4.67 Å². The van der Waals surface area contributed by atoms with Crippen molar-refractivity contribution in [3.05, 3.63) is 11.1 Å². The van der Waals surface area contributed by atoms with Crippen LogP contribution in [0.2, 0.25) is 0 Å². The molecule has 0 aliphatic carbocycles. The number of nitrogens with zero attached hydrogens (tertiary/aromatic N) is 1. The first-order valence-electron chi connectivity index (χ1n) is 2.85. The van der Waals surface area contributed by atoms with E-state index in [1.54, 1.807) is 5.57 Å². The highest BCUT2D eigenvalue weighted by Gasteiger charge is 2.15. The summed E-state index contributed by atoms with van der Waals surface area (Å²) in [6.45, 7) is 6.67. The molecule has 0 amide bonds. The van der Waals surface area contributed by atoms with E-state index >= 15 is 0 Å². The molecule has 1 aliphatic heterocycles. The molecule has 1 rings (SSSR count). The van der Waals surface area contributed by atoms with Gasteiger partial charge in [-0.25, -0.2) is 0 Å². The van der Waals surface area contributed by atoms with E-state index in [2.05, 4.69) is 27.9 Å². The second kappa shape index (κ2) is 2.16. The molecule has 0 spiro atoms. The molecule has 1 heterocycles. The van der Waals surface area contributed by atoms with Crippen LogP contribution in [-0.4, -0.2) is 17.8 Å². The molecule has 1 aliphatic rings. The highest BCUT2D eigenvalue weighted by Crippen LogP contribution is 2.20. The normalized spacial score (nSPS) is 20.6. The van der Waals surface area contributed by atoms with Crippen LogP contribution >= 0.6 is 9.39 Å². The third kappa shape index (κ3) is 1.10. The van der Waals surface area contributed by atoms with Gasteiger partial charge in [-0.1, -0.05) is 15.0 Å². The number of hydrogen-bond donors (Lipinski definition) is 0. The summed E-state index contributed by atoms with van der Waals surface area (Å²) < 4.78 is 2.22. The molecule has 0 aromatic rings. The molecule has 0 bridgehead atoms. The van der Waals surface area contributed by atoms with Gasteiger partial charge in [-0.15, -0.1) is 0 Å². The Hall–Kier alpha value is 0.130. The summed E-state index contributed by atoms with van der Waals surface area (Å²) in [6.07, 6.45) is 0. The summed E-state index contributed by atoms with van der Waals surface area (Å²) in [6, 6.07) is 0. The number of allylic oxidation sites excluding steroid dienone is 1. The lowest BCUT2D eigenvalue weighted by Crippen LogP contribution is -2.31. The van der Waals surface area contributed by atoms with Crippen LogP contribution in [0.1, 0.15) is 13.8 Å². The second-order valence-electron chi connectivity index (χ2n) is 2.51. The molecule has 2 heteroatoms. The first-order chi connectivity index (χ1) is 3.70. The summed E-state index contributed by atoms with van der Waals surface area (Å²) >= 11 is 0. The van der Waals surface area contributed by atoms with Crippen molar-refractivity contribution in [1.82, 2.24) is 4.67 Å². The highest BCUT2D eigenvalue weighted by molar-refractivity contribution is 7.13. The minimum absolute atomic E-state index is 1.16. The quantitative estimate of drug-likeness (QED) is 0.353. The highest BCUT2D eigenvalue weighted by atomic mass is 31.0. The topological polar surface area (TPSA) is 3.24 Å². The van der Waals surface area contributed by atoms with Crippen molar-refractivity contribution >= 4 is 9.39 Å². The van der Waals surface area contributed by atoms with Gasteiger partial charge in [0.05, 0.1) is 0 Å². The van der Waals surface area contributed by atoms with Crippen LogP contribution in [0.25, 0.3) is 0 Å². The lowest BCUT2D eigenvalue weighted by atomic mass is 10.1. The zero-order chi connectivity index (χ0) is 6.15. The van der Waals surface area contributed by atoms with Crippen molar-refractivity contribution in [3.63, 3.8) is 0 Å². The largest absolute Gasteiger partial charge is 0.279 e. The Morgan fingerprint density at radius 2 is 2.00 bits per heavy atom. The predicted octanol–water partition coefficient (Wildman–Crippen LogP) is 1.43. The molecule has 0 aromatic heterocycles. The molecule has 0 saturated carbocycles. The zero-order valence-electron chi connectivity index (χ0n) is 5.44. The van der Waals surface area contributed by atoms with Gasteiger partial charge < -0.3 is 0 Å². The molecule has 0 radical (unpaired) electrons. The van der Waals surface area contributed by atoms with E-state index in [0.29, 0.717) is 0 Å². The minimum atomic E-state index is 1.16. The van der Waals surface area contributed by atoms with Crippen LogP contribution in [0.4, 0.5) is 0 Å². The van der Waals surface area contributed by atoms with Gasteiger partial charge in [0.25, 0.3) is 0 Å². The van der Waals surface area contributed by atoms with E-state index in [9.17, 15) is 0 Å². The van der Waals surface area contributed by atoms with Crippen molar-refractivity contribution in [3.8, 4) is 0 Å². The van der Waals surface area contributed by atoms with Crippen LogP contribution in [-0.2, 0) is 0 Å². The molecule has 0 aromatic carbocycles. The maximum absolute atomic E-state index is 2.69. The first kappa shape index (κ1) is 6.25. The molecule has 1 atom stereocenters. The number of rotatable bonds is 0.